The molecule has 2 nitrogen and oxygen atoms in total. The average Bonchev–Trinajstić information content (AvgIpc) is 2.48. The molecule has 2 rings (SSSR count). The molecule has 0 spiro atoms. The van der Waals surface area contributed by atoms with Gasteiger partial charge in [0.2, 0.25) is 0 Å². The average molecular weight is 290 g/mol. The highest BCUT2D eigenvalue weighted by molar-refractivity contribution is 6.31. The number of benzene rings is 2. The fraction of sp³-hybridized carbons (Fsp3) is 0.294. The molecule has 0 unspecified atom stereocenters. The van der Waals surface area contributed by atoms with Crippen molar-refractivity contribution in [2.24, 2.45) is 0 Å². The number of halogens is 1. The largest absolute Gasteiger partial charge is 0.497 e. The molecule has 0 bridgehead atoms. The maximum absolute atomic E-state index is 6.19. The number of nitrogens with one attached hydrogen (secondary N) is 1. The van der Waals surface area contributed by atoms with E-state index < -0.39 is 0 Å². The van der Waals surface area contributed by atoms with Gasteiger partial charge in [-0.3, -0.25) is 0 Å². The molecule has 106 valence electrons. The van der Waals surface area contributed by atoms with Crippen LogP contribution in [0.2, 0.25) is 5.02 Å². The third kappa shape index (κ3) is 3.99. The highest BCUT2D eigenvalue weighted by Crippen LogP contribution is 2.22. The van der Waals surface area contributed by atoms with Gasteiger partial charge in [0.1, 0.15) is 5.75 Å². The van der Waals surface area contributed by atoms with Crippen LogP contribution in [0.25, 0.3) is 0 Å². The normalized spacial score (nSPS) is 12.2. The molecule has 0 heterocycles. The van der Waals surface area contributed by atoms with Gasteiger partial charge in [0.15, 0.2) is 0 Å². The molecule has 0 fully saturated rings. The zero-order valence-electron chi connectivity index (χ0n) is 11.9. The molecular weight excluding hydrogens is 270 g/mol. The van der Waals surface area contributed by atoms with Crippen molar-refractivity contribution >= 4 is 11.6 Å². The van der Waals surface area contributed by atoms with E-state index in [1.54, 1.807) is 7.11 Å². The smallest absolute Gasteiger partial charge is 0.118 e. The van der Waals surface area contributed by atoms with E-state index in [0.29, 0.717) is 0 Å². The Morgan fingerprint density at radius 3 is 2.45 bits per heavy atom. The van der Waals surface area contributed by atoms with E-state index in [1.165, 1.54) is 5.56 Å². The minimum absolute atomic E-state index is 0.252. The SMILES string of the molecule is COc1ccc(CCN[C@@H](C)c2ccccc2Cl)cc1. The van der Waals surface area contributed by atoms with Crippen molar-refractivity contribution in [3.8, 4) is 5.75 Å². The molecule has 2 aromatic carbocycles. The maximum Gasteiger partial charge on any atom is 0.118 e. The summed E-state index contributed by atoms with van der Waals surface area (Å²) in [6.45, 7) is 3.05. The second-order valence-electron chi connectivity index (χ2n) is 4.80. The van der Waals surface area contributed by atoms with Crippen molar-refractivity contribution < 1.29 is 4.74 Å². The van der Waals surface area contributed by atoms with Crippen LogP contribution in [0, 0.1) is 0 Å². The maximum atomic E-state index is 6.19. The Balaban J connectivity index is 1.84. The molecule has 0 amide bonds. The Morgan fingerprint density at radius 2 is 1.80 bits per heavy atom. The number of ether oxygens (including phenoxy) is 1. The Labute approximate surface area is 125 Å². The summed E-state index contributed by atoms with van der Waals surface area (Å²) in [7, 11) is 1.68. The van der Waals surface area contributed by atoms with E-state index in [0.717, 1.165) is 29.3 Å². The van der Waals surface area contributed by atoms with Crippen LogP contribution >= 0.6 is 11.6 Å². The molecule has 1 atom stereocenters. The lowest BCUT2D eigenvalue weighted by Crippen LogP contribution is -2.21. The topological polar surface area (TPSA) is 21.3 Å². The van der Waals surface area contributed by atoms with Gasteiger partial charge in [-0.1, -0.05) is 41.9 Å². The summed E-state index contributed by atoms with van der Waals surface area (Å²) in [6.07, 6.45) is 0.985. The Hall–Kier alpha value is -1.51. The van der Waals surface area contributed by atoms with Crippen LogP contribution in [-0.4, -0.2) is 13.7 Å². The Morgan fingerprint density at radius 1 is 1.10 bits per heavy atom. The second-order valence-corrected chi connectivity index (χ2v) is 5.20. The van der Waals surface area contributed by atoms with Gasteiger partial charge >= 0.3 is 0 Å². The van der Waals surface area contributed by atoms with Crippen LogP contribution in [0.5, 0.6) is 5.75 Å². The first-order valence-corrected chi connectivity index (χ1v) is 7.19. The molecule has 0 radical (unpaired) electrons. The van der Waals surface area contributed by atoms with Gasteiger partial charge in [0.25, 0.3) is 0 Å². The quantitative estimate of drug-likeness (QED) is 0.859. The monoisotopic (exact) mass is 289 g/mol. The minimum Gasteiger partial charge on any atom is -0.497 e. The first-order valence-electron chi connectivity index (χ1n) is 6.81. The molecule has 0 aliphatic carbocycles. The third-order valence-corrected chi connectivity index (χ3v) is 3.74. The Bertz CT molecular complexity index is 539. The van der Waals surface area contributed by atoms with E-state index in [2.05, 4.69) is 30.4 Å². The van der Waals surface area contributed by atoms with E-state index in [4.69, 9.17) is 16.3 Å². The number of hydrogen-bond donors (Lipinski definition) is 1. The van der Waals surface area contributed by atoms with Crippen LogP contribution in [0.3, 0.4) is 0 Å². The molecule has 0 saturated heterocycles. The van der Waals surface area contributed by atoms with Crippen LogP contribution in [0.4, 0.5) is 0 Å². The van der Waals surface area contributed by atoms with E-state index >= 15 is 0 Å². The Kier molecular flexibility index (Phi) is 5.45. The summed E-state index contributed by atoms with van der Waals surface area (Å²) < 4.78 is 5.15. The molecule has 3 heteroatoms. The fourth-order valence-corrected chi connectivity index (χ4v) is 2.46. The highest BCUT2D eigenvalue weighted by atomic mass is 35.5. The van der Waals surface area contributed by atoms with Crippen molar-refractivity contribution in [1.29, 1.82) is 0 Å². The first-order chi connectivity index (χ1) is 9.70. The molecule has 0 aliphatic heterocycles. The van der Waals surface area contributed by atoms with Crippen LogP contribution in [0.15, 0.2) is 48.5 Å². The summed E-state index contributed by atoms with van der Waals surface area (Å²) in [5.74, 6) is 0.895. The van der Waals surface area contributed by atoms with Gasteiger partial charge in [0, 0.05) is 11.1 Å². The predicted octanol–water partition coefficient (Wildman–Crippen LogP) is 4.24. The first kappa shape index (κ1) is 14.9. The lowest BCUT2D eigenvalue weighted by molar-refractivity contribution is 0.414. The molecule has 20 heavy (non-hydrogen) atoms. The lowest BCUT2D eigenvalue weighted by atomic mass is 10.1. The van der Waals surface area contributed by atoms with E-state index in [1.807, 2.05) is 30.3 Å². The van der Waals surface area contributed by atoms with Crippen molar-refractivity contribution in [3.63, 3.8) is 0 Å². The summed E-state index contributed by atoms with van der Waals surface area (Å²) in [5.41, 5.74) is 2.44. The molecule has 2 aromatic rings. The van der Waals surface area contributed by atoms with Crippen molar-refractivity contribution in [3.05, 3.63) is 64.7 Å². The van der Waals surface area contributed by atoms with Gasteiger partial charge in [-0.2, -0.15) is 0 Å². The summed E-state index contributed by atoms with van der Waals surface area (Å²) >= 11 is 6.19. The van der Waals surface area contributed by atoms with Gasteiger partial charge in [0.05, 0.1) is 7.11 Å². The summed E-state index contributed by atoms with van der Waals surface area (Å²) in [5, 5.41) is 4.32. The number of rotatable bonds is 6. The van der Waals surface area contributed by atoms with Crippen LogP contribution in [-0.2, 0) is 6.42 Å². The summed E-state index contributed by atoms with van der Waals surface area (Å²) in [4.78, 5) is 0. The second kappa shape index (κ2) is 7.32. The zero-order valence-corrected chi connectivity index (χ0v) is 12.7. The van der Waals surface area contributed by atoms with Crippen LogP contribution in [0.1, 0.15) is 24.1 Å². The van der Waals surface area contributed by atoms with Crippen LogP contribution < -0.4 is 10.1 Å². The van der Waals surface area contributed by atoms with Gasteiger partial charge < -0.3 is 10.1 Å². The molecule has 1 N–H and O–H groups in total. The fourth-order valence-electron chi connectivity index (χ4n) is 2.16. The molecule has 0 saturated carbocycles. The van der Waals surface area contributed by atoms with E-state index in [-0.39, 0.29) is 6.04 Å². The van der Waals surface area contributed by atoms with E-state index in [9.17, 15) is 0 Å². The number of methoxy groups -OCH3 is 1. The lowest BCUT2D eigenvalue weighted by Gasteiger charge is -2.15. The molecule has 0 aromatic heterocycles. The third-order valence-electron chi connectivity index (χ3n) is 3.39. The van der Waals surface area contributed by atoms with Gasteiger partial charge in [-0.15, -0.1) is 0 Å². The highest BCUT2D eigenvalue weighted by Gasteiger charge is 2.07. The standard InChI is InChI=1S/C17H20ClNO/c1-13(16-5-3-4-6-17(16)18)19-12-11-14-7-9-15(20-2)10-8-14/h3-10,13,19H,11-12H2,1-2H3/t13-/m0/s1. The minimum atomic E-state index is 0.252. The van der Waals surface area contributed by atoms with Crippen molar-refractivity contribution in [1.82, 2.24) is 5.32 Å². The molecular formula is C17H20ClNO. The zero-order chi connectivity index (χ0) is 14.4. The number of hydrogen-bond acceptors (Lipinski definition) is 2. The van der Waals surface area contributed by atoms with Gasteiger partial charge in [-0.05, 0) is 49.2 Å². The summed E-state index contributed by atoms with van der Waals surface area (Å²) in [6, 6.07) is 16.4. The van der Waals surface area contributed by atoms with Crippen molar-refractivity contribution in [2.75, 3.05) is 13.7 Å². The molecule has 0 aliphatic rings. The predicted molar refractivity (Wildman–Crippen MR) is 84.6 cm³/mol. The van der Waals surface area contributed by atoms with Gasteiger partial charge in [-0.25, -0.2) is 0 Å². The van der Waals surface area contributed by atoms with Crippen molar-refractivity contribution in [2.45, 2.75) is 19.4 Å².